The first-order chi connectivity index (χ1) is 5.85. The van der Waals surface area contributed by atoms with Gasteiger partial charge >= 0.3 is 0 Å². The predicted molar refractivity (Wildman–Crippen MR) is 58.6 cm³/mol. The van der Waals surface area contributed by atoms with Crippen LogP contribution in [0.15, 0.2) is 0 Å². The van der Waals surface area contributed by atoms with Gasteiger partial charge in [0.1, 0.15) is 0 Å². The summed E-state index contributed by atoms with van der Waals surface area (Å²) < 4.78 is 0. The van der Waals surface area contributed by atoms with Crippen molar-refractivity contribution in [2.24, 2.45) is 0 Å². The monoisotopic (exact) mass is 296 g/mol. The van der Waals surface area contributed by atoms with Crippen LogP contribution in [0.25, 0.3) is 0 Å². The molecule has 0 aliphatic carbocycles. The maximum Gasteiger partial charge on any atom is 0.179 e. The molecule has 4 heteroatoms. The van der Waals surface area contributed by atoms with Crippen LogP contribution in [0.3, 0.4) is 0 Å². The van der Waals surface area contributed by atoms with Gasteiger partial charge in [0.2, 0.25) is 0 Å². The largest absolute Gasteiger partial charge is 0.311 e. The highest BCUT2D eigenvalue weighted by Gasteiger charge is 1.99. The molecular weight excluding hydrogens is 284 g/mol. The van der Waals surface area contributed by atoms with Gasteiger partial charge in [0.15, 0.2) is 6.19 Å². The summed E-state index contributed by atoms with van der Waals surface area (Å²) >= 11 is 6.71. The lowest BCUT2D eigenvalue weighted by atomic mass is 10.3. The highest BCUT2D eigenvalue weighted by Crippen LogP contribution is 1.99. The zero-order valence-corrected chi connectivity index (χ0v) is 10.3. The molecule has 0 atom stereocenters. The lowest BCUT2D eigenvalue weighted by Crippen LogP contribution is -2.20. The molecule has 0 heterocycles. The average molecular weight is 298 g/mol. The smallest absolute Gasteiger partial charge is 0.179 e. The minimum absolute atomic E-state index is 0.879. The molecule has 0 bridgehead atoms. The van der Waals surface area contributed by atoms with E-state index in [9.17, 15) is 0 Å². The summed E-state index contributed by atoms with van der Waals surface area (Å²) in [7, 11) is 0. The lowest BCUT2D eigenvalue weighted by molar-refractivity contribution is 0.385. The van der Waals surface area contributed by atoms with E-state index in [1.54, 1.807) is 0 Å². The van der Waals surface area contributed by atoms with Gasteiger partial charge in [-0.25, -0.2) is 0 Å². The van der Waals surface area contributed by atoms with Crippen LogP contribution in [0, 0.1) is 11.5 Å². The number of hydrogen-bond acceptors (Lipinski definition) is 2. The molecule has 0 N–H and O–H groups in total. The van der Waals surface area contributed by atoms with E-state index in [4.69, 9.17) is 5.26 Å². The third-order valence-electron chi connectivity index (χ3n) is 1.51. The van der Waals surface area contributed by atoms with Crippen LogP contribution in [-0.4, -0.2) is 28.6 Å². The van der Waals surface area contributed by atoms with Crippen molar-refractivity contribution >= 4 is 31.9 Å². The van der Waals surface area contributed by atoms with Crippen LogP contribution in [-0.2, 0) is 0 Å². The second-order valence-corrected chi connectivity index (χ2v) is 4.11. The first kappa shape index (κ1) is 12.2. The molecule has 0 aromatic carbocycles. The second kappa shape index (κ2) is 9.34. The number of nitriles is 1. The van der Waals surface area contributed by atoms with Crippen molar-refractivity contribution in [1.29, 1.82) is 5.26 Å². The van der Waals surface area contributed by atoms with Crippen molar-refractivity contribution in [1.82, 2.24) is 4.90 Å². The van der Waals surface area contributed by atoms with E-state index < -0.39 is 0 Å². The summed E-state index contributed by atoms with van der Waals surface area (Å²) in [5.74, 6) is 0. The van der Waals surface area contributed by atoms with Crippen LogP contribution in [0.5, 0.6) is 0 Å². The zero-order chi connectivity index (χ0) is 9.23. The number of nitrogens with zero attached hydrogens (tertiary/aromatic N) is 2. The minimum Gasteiger partial charge on any atom is -0.311 e. The highest BCUT2D eigenvalue weighted by molar-refractivity contribution is 9.09. The molecule has 0 saturated carbocycles. The molecular formula is C8H14Br2N2. The number of hydrogen-bond donors (Lipinski definition) is 0. The first-order valence-corrected chi connectivity index (χ1v) is 6.36. The zero-order valence-electron chi connectivity index (χ0n) is 7.10. The summed E-state index contributed by atoms with van der Waals surface area (Å²) in [6.07, 6.45) is 5.48. The SMILES string of the molecule is N#CN(CCCBr)CCCCBr. The van der Waals surface area contributed by atoms with Gasteiger partial charge in [-0.2, -0.15) is 5.26 Å². The molecule has 0 unspecified atom stereocenters. The summed E-state index contributed by atoms with van der Waals surface area (Å²) in [6, 6.07) is 0. The molecule has 0 amide bonds. The van der Waals surface area contributed by atoms with Crippen molar-refractivity contribution in [3.63, 3.8) is 0 Å². The molecule has 70 valence electrons. The molecule has 0 aromatic heterocycles. The number of alkyl halides is 2. The van der Waals surface area contributed by atoms with E-state index in [0.717, 1.165) is 43.0 Å². The van der Waals surface area contributed by atoms with Gasteiger partial charge < -0.3 is 4.90 Å². The minimum atomic E-state index is 0.879. The fourth-order valence-electron chi connectivity index (χ4n) is 0.860. The molecule has 0 fully saturated rings. The van der Waals surface area contributed by atoms with Gasteiger partial charge in [0.05, 0.1) is 0 Å². The van der Waals surface area contributed by atoms with Crippen LogP contribution in [0.2, 0.25) is 0 Å². The maximum absolute atomic E-state index is 8.70. The number of rotatable bonds is 7. The Balaban J connectivity index is 3.35. The van der Waals surface area contributed by atoms with E-state index in [-0.39, 0.29) is 0 Å². The Hall–Kier alpha value is 0.250. The number of halogens is 2. The Morgan fingerprint density at radius 3 is 2.08 bits per heavy atom. The Morgan fingerprint density at radius 1 is 1.00 bits per heavy atom. The molecule has 0 saturated heterocycles. The van der Waals surface area contributed by atoms with Crippen molar-refractivity contribution in [2.45, 2.75) is 19.3 Å². The van der Waals surface area contributed by atoms with Crippen LogP contribution in [0.1, 0.15) is 19.3 Å². The van der Waals surface area contributed by atoms with Crippen molar-refractivity contribution in [2.75, 3.05) is 23.7 Å². The summed E-state index contributed by atoms with van der Waals surface area (Å²) in [5, 5.41) is 10.7. The van der Waals surface area contributed by atoms with E-state index in [1.165, 1.54) is 0 Å². The fraction of sp³-hybridized carbons (Fsp3) is 0.875. The van der Waals surface area contributed by atoms with E-state index in [2.05, 4.69) is 38.1 Å². The molecule has 2 nitrogen and oxygen atoms in total. The normalized spacial score (nSPS) is 9.42. The third-order valence-corrected chi connectivity index (χ3v) is 2.64. The summed E-state index contributed by atoms with van der Waals surface area (Å²) in [4.78, 5) is 1.82. The van der Waals surface area contributed by atoms with Crippen LogP contribution >= 0.6 is 31.9 Å². The van der Waals surface area contributed by atoms with Crippen molar-refractivity contribution in [3.8, 4) is 6.19 Å². The Morgan fingerprint density at radius 2 is 1.58 bits per heavy atom. The highest BCUT2D eigenvalue weighted by atomic mass is 79.9. The van der Waals surface area contributed by atoms with Gasteiger partial charge in [-0.3, -0.25) is 0 Å². The summed E-state index contributed by atoms with van der Waals surface area (Å²) in [5.41, 5.74) is 0. The van der Waals surface area contributed by atoms with Gasteiger partial charge in [-0.05, 0) is 19.3 Å². The quantitative estimate of drug-likeness (QED) is 0.313. The van der Waals surface area contributed by atoms with Crippen molar-refractivity contribution in [3.05, 3.63) is 0 Å². The van der Waals surface area contributed by atoms with Crippen LogP contribution < -0.4 is 0 Å². The summed E-state index contributed by atoms with van der Waals surface area (Å²) in [6.45, 7) is 1.78. The maximum atomic E-state index is 8.70. The average Bonchev–Trinajstić information content (AvgIpc) is 2.11. The first-order valence-electron chi connectivity index (χ1n) is 4.11. The molecule has 12 heavy (non-hydrogen) atoms. The van der Waals surface area contributed by atoms with Crippen molar-refractivity contribution < 1.29 is 0 Å². The molecule has 0 aliphatic heterocycles. The van der Waals surface area contributed by atoms with Gasteiger partial charge in [0, 0.05) is 23.7 Å². The predicted octanol–water partition coefficient (Wildman–Crippen LogP) is 2.73. The molecule has 0 aliphatic rings. The molecule has 0 spiro atoms. The van der Waals surface area contributed by atoms with Gasteiger partial charge in [-0.1, -0.05) is 31.9 Å². The number of unbranched alkanes of at least 4 members (excludes halogenated alkanes) is 1. The second-order valence-electron chi connectivity index (χ2n) is 2.53. The topological polar surface area (TPSA) is 27.0 Å². The third kappa shape index (κ3) is 6.93. The van der Waals surface area contributed by atoms with Gasteiger partial charge in [-0.15, -0.1) is 0 Å². The molecule has 0 radical (unpaired) electrons. The van der Waals surface area contributed by atoms with Gasteiger partial charge in [0.25, 0.3) is 0 Å². The van der Waals surface area contributed by atoms with Crippen LogP contribution in [0.4, 0.5) is 0 Å². The Bertz CT molecular complexity index is 134. The standard InChI is InChI=1S/C8H14Br2N2/c9-4-1-2-6-12(8-11)7-3-5-10/h1-7H2. The lowest BCUT2D eigenvalue weighted by Gasteiger charge is -2.13. The molecule has 0 rings (SSSR count). The van der Waals surface area contributed by atoms with E-state index in [0.29, 0.717) is 0 Å². The molecule has 0 aromatic rings. The Labute approximate surface area is 91.2 Å². The Kier molecular flexibility index (Phi) is 9.53. The fourth-order valence-corrected chi connectivity index (χ4v) is 1.51. The van der Waals surface area contributed by atoms with E-state index >= 15 is 0 Å². The van der Waals surface area contributed by atoms with E-state index in [1.807, 2.05) is 4.90 Å².